The summed E-state index contributed by atoms with van der Waals surface area (Å²) in [6.45, 7) is 6.81. The third-order valence-electron chi connectivity index (χ3n) is 6.20. The number of hydrogen-bond donors (Lipinski definition) is 2. The highest BCUT2D eigenvalue weighted by Gasteiger charge is 2.15. The molecule has 5 nitrogen and oxygen atoms in total. The van der Waals surface area contributed by atoms with Crippen LogP contribution >= 0.6 is 0 Å². The first kappa shape index (κ1) is 24.7. The number of likely N-dealkylation sites (tertiary alicyclic amines) is 1. The van der Waals surface area contributed by atoms with Gasteiger partial charge in [-0.05, 0) is 75.9 Å². The van der Waals surface area contributed by atoms with Gasteiger partial charge in [0.2, 0.25) is 5.91 Å². The molecule has 1 aromatic rings. The first-order valence-electron chi connectivity index (χ1n) is 11.9. The van der Waals surface area contributed by atoms with Crippen molar-refractivity contribution in [2.24, 2.45) is 0 Å². The zero-order valence-electron chi connectivity index (χ0n) is 19.3. The van der Waals surface area contributed by atoms with E-state index in [1.807, 2.05) is 18.2 Å². The lowest BCUT2D eigenvalue weighted by atomic mass is 10.0. The third-order valence-corrected chi connectivity index (χ3v) is 6.20. The number of rotatable bonds is 9. The number of nitrogens with one attached hydrogen (secondary N) is 1. The molecule has 3 rings (SSSR count). The van der Waals surface area contributed by atoms with Crippen molar-refractivity contribution in [2.75, 3.05) is 26.7 Å². The topological polar surface area (TPSA) is 61.8 Å². The van der Waals surface area contributed by atoms with Crippen LogP contribution in [0.2, 0.25) is 0 Å². The Kier molecular flexibility index (Phi) is 11.2. The first-order valence-corrected chi connectivity index (χ1v) is 11.9. The van der Waals surface area contributed by atoms with Crippen molar-refractivity contribution >= 4 is 5.91 Å². The van der Waals surface area contributed by atoms with Crippen LogP contribution in [0.1, 0.15) is 88.9 Å². The molecule has 2 atom stereocenters. The normalized spacial score (nSPS) is 19.3. The van der Waals surface area contributed by atoms with Crippen LogP contribution in [0.3, 0.4) is 0 Å². The van der Waals surface area contributed by atoms with Crippen LogP contribution in [0, 0.1) is 0 Å². The Balaban J connectivity index is 0.000000386. The number of unbranched alkanes of at least 4 members (excludes halogenated alkanes) is 4. The van der Waals surface area contributed by atoms with Gasteiger partial charge in [-0.2, -0.15) is 0 Å². The average Bonchev–Trinajstić information content (AvgIpc) is 3.14. The zero-order valence-corrected chi connectivity index (χ0v) is 19.3. The minimum atomic E-state index is -0.661. The quantitative estimate of drug-likeness (QED) is 0.574. The summed E-state index contributed by atoms with van der Waals surface area (Å²) in [5.74, 6) is 0.949. The second kappa shape index (κ2) is 13.7. The minimum Gasteiger partial charge on any atom is -0.493 e. The molecular weight excluding hydrogens is 376 g/mol. The highest BCUT2D eigenvalue weighted by atomic mass is 16.5. The van der Waals surface area contributed by atoms with E-state index in [1.54, 1.807) is 0 Å². The molecule has 0 radical (unpaired) electrons. The monoisotopic (exact) mass is 418 g/mol. The largest absolute Gasteiger partial charge is 0.493 e. The van der Waals surface area contributed by atoms with E-state index in [9.17, 15) is 9.90 Å². The molecular formula is C25H42N2O3. The molecule has 2 aliphatic rings. The molecule has 2 unspecified atom stereocenters. The van der Waals surface area contributed by atoms with Gasteiger partial charge in [-0.1, -0.05) is 38.7 Å². The van der Waals surface area contributed by atoms with Gasteiger partial charge in [0.15, 0.2) is 0 Å². The lowest BCUT2D eigenvalue weighted by Crippen LogP contribution is -2.28. The smallest absolute Gasteiger partial charge is 0.220 e. The number of nitrogens with zero attached hydrogens (tertiary/aromatic N) is 1. The Morgan fingerprint density at radius 1 is 1.27 bits per heavy atom. The van der Waals surface area contributed by atoms with Gasteiger partial charge >= 0.3 is 0 Å². The predicted molar refractivity (Wildman–Crippen MR) is 123 cm³/mol. The van der Waals surface area contributed by atoms with Crippen LogP contribution in [0.25, 0.3) is 0 Å². The van der Waals surface area contributed by atoms with Crippen molar-refractivity contribution in [3.05, 3.63) is 29.3 Å². The van der Waals surface area contributed by atoms with Gasteiger partial charge in [-0.15, -0.1) is 0 Å². The van der Waals surface area contributed by atoms with E-state index >= 15 is 0 Å². The molecule has 2 N–H and O–H groups in total. The number of hydrogen-bond acceptors (Lipinski definition) is 4. The number of carbonyl (C=O) groups is 1. The molecule has 1 aromatic carbocycles. The number of aliphatic hydroxyl groups is 1. The van der Waals surface area contributed by atoms with Gasteiger partial charge in [-0.3, -0.25) is 4.79 Å². The summed E-state index contributed by atoms with van der Waals surface area (Å²) >= 11 is 0. The molecule has 0 aromatic heterocycles. The van der Waals surface area contributed by atoms with E-state index in [-0.39, 0.29) is 12.5 Å². The summed E-state index contributed by atoms with van der Waals surface area (Å²) < 4.78 is 5.58. The van der Waals surface area contributed by atoms with Gasteiger partial charge in [0.05, 0.1) is 12.7 Å². The van der Waals surface area contributed by atoms with Crippen molar-refractivity contribution < 1.29 is 14.6 Å². The fourth-order valence-corrected chi connectivity index (χ4v) is 3.97. The van der Waals surface area contributed by atoms with Crippen LogP contribution in [-0.2, 0) is 11.2 Å². The summed E-state index contributed by atoms with van der Waals surface area (Å²) in [6, 6.07) is 6.64. The number of amides is 1. The van der Waals surface area contributed by atoms with E-state index in [4.69, 9.17) is 4.74 Å². The summed E-state index contributed by atoms with van der Waals surface area (Å²) in [4.78, 5) is 14.2. The van der Waals surface area contributed by atoms with Gasteiger partial charge in [0, 0.05) is 19.0 Å². The maximum atomic E-state index is 11.8. The summed E-state index contributed by atoms with van der Waals surface area (Å²) in [7, 11) is 2.19. The number of ether oxygens (including phenoxy) is 1. The second-order valence-corrected chi connectivity index (χ2v) is 8.78. The fraction of sp³-hybridized carbons (Fsp3) is 0.720. The molecule has 0 spiro atoms. The summed E-state index contributed by atoms with van der Waals surface area (Å²) in [5, 5.41) is 13.1. The minimum absolute atomic E-state index is 0.0295. The number of fused-ring (bicyclic) bond motifs is 1. The predicted octanol–water partition coefficient (Wildman–Crippen LogP) is 4.62. The Morgan fingerprint density at radius 2 is 2.07 bits per heavy atom. The van der Waals surface area contributed by atoms with Crippen molar-refractivity contribution in [3.8, 4) is 5.75 Å². The van der Waals surface area contributed by atoms with Crippen LogP contribution in [0.5, 0.6) is 5.75 Å². The molecule has 1 saturated heterocycles. The Labute approximate surface area is 183 Å². The maximum absolute atomic E-state index is 11.8. The van der Waals surface area contributed by atoms with E-state index in [1.165, 1.54) is 38.6 Å². The van der Waals surface area contributed by atoms with Gasteiger partial charge in [0.1, 0.15) is 5.75 Å². The number of benzene rings is 1. The second-order valence-electron chi connectivity index (χ2n) is 8.78. The first-order chi connectivity index (χ1) is 14.5. The molecule has 0 bridgehead atoms. The molecule has 5 heteroatoms. The Morgan fingerprint density at radius 3 is 2.73 bits per heavy atom. The highest BCUT2D eigenvalue weighted by molar-refractivity contribution is 5.75. The number of aryl methyl sites for hydroxylation is 1. The molecule has 2 aliphatic heterocycles. The highest BCUT2D eigenvalue weighted by Crippen LogP contribution is 2.27. The Hall–Kier alpha value is -1.59. The number of aliphatic hydroxyl groups excluding tert-OH is 1. The van der Waals surface area contributed by atoms with Gasteiger partial charge in [-0.25, -0.2) is 0 Å². The molecule has 1 amide bonds. The Bertz CT molecular complexity index is 627. The fourth-order valence-electron chi connectivity index (χ4n) is 3.97. The lowest BCUT2D eigenvalue weighted by Gasteiger charge is -2.19. The molecule has 170 valence electrons. The SMILES string of the molecule is CC1CCCN1C.CCCCCCCC(=O)NCC(O)c1ccc2c(c1)CCCO2. The van der Waals surface area contributed by atoms with E-state index < -0.39 is 6.10 Å². The van der Waals surface area contributed by atoms with Crippen LogP contribution in [-0.4, -0.2) is 48.7 Å². The molecule has 1 fully saturated rings. The van der Waals surface area contributed by atoms with Gasteiger partial charge in [0.25, 0.3) is 0 Å². The molecule has 0 aliphatic carbocycles. The number of carbonyl (C=O) groups excluding carboxylic acids is 1. The van der Waals surface area contributed by atoms with E-state index in [2.05, 4.69) is 31.1 Å². The van der Waals surface area contributed by atoms with E-state index in [0.717, 1.165) is 55.2 Å². The zero-order chi connectivity index (χ0) is 21.8. The standard InChI is InChI=1S/C19H29NO3.C6H13N/c1-2-3-4-5-6-9-19(22)20-14-17(21)15-10-11-18-16(13-15)8-7-12-23-18;1-6-4-3-5-7(6)2/h10-11,13,17,21H,2-9,12,14H2,1H3,(H,20,22);6H,3-5H2,1-2H3. The molecule has 2 heterocycles. The molecule has 0 saturated carbocycles. The van der Waals surface area contributed by atoms with Gasteiger partial charge < -0.3 is 20.1 Å². The van der Waals surface area contributed by atoms with Crippen molar-refractivity contribution in [3.63, 3.8) is 0 Å². The van der Waals surface area contributed by atoms with Crippen LogP contribution in [0.4, 0.5) is 0 Å². The molecule has 30 heavy (non-hydrogen) atoms. The summed E-state index contributed by atoms with van der Waals surface area (Å²) in [5.41, 5.74) is 1.99. The van der Waals surface area contributed by atoms with Crippen molar-refractivity contribution in [1.29, 1.82) is 0 Å². The van der Waals surface area contributed by atoms with Crippen LogP contribution in [0.15, 0.2) is 18.2 Å². The lowest BCUT2D eigenvalue weighted by molar-refractivity contribution is -0.121. The van der Waals surface area contributed by atoms with Crippen molar-refractivity contribution in [2.45, 2.75) is 90.2 Å². The summed E-state index contributed by atoms with van der Waals surface area (Å²) in [6.07, 6.45) is 10.4. The van der Waals surface area contributed by atoms with Crippen molar-refractivity contribution in [1.82, 2.24) is 10.2 Å². The third kappa shape index (κ3) is 8.65. The average molecular weight is 419 g/mol. The van der Waals surface area contributed by atoms with Crippen LogP contribution < -0.4 is 10.1 Å². The van der Waals surface area contributed by atoms with E-state index in [0.29, 0.717) is 6.42 Å². The maximum Gasteiger partial charge on any atom is 0.220 e.